The second-order valence-electron chi connectivity index (χ2n) is 4.60. The summed E-state index contributed by atoms with van der Waals surface area (Å²) in [5.41, 5.74) is 0.570. The molecule has 4 nitrogen and oxygen atoms in total. The zero-order valence-corrected chi connectivity index (χ0v) is 11.5. The van der Waals surface area contributed by atoms with Gasteiger partial charge in [-0.1, -0.05) is 18.2 Å². The molecular weight excluding hydrogens is 240 g/mol. The molecule has 0 fully saturated rings. The number of nitriles is 1. The van der Waals surface area contributed by atoms with Crippen LogP contribution >= 0.6 is 0 Å². The maximum absolute atomic E-state index is 11.7. The normalized spacial score (nSPS) is 11.9. The van der Waals surface area contributed by atoms with Crippen LogP contribution in [0.1, 0.15) is 29.6 Å². The van der Waals surface area contributed by atoms with E-state index < -0.39 is 0 Å². The largest absolute Gasteiger partial charge is 0.462 e. The third-order valence-electron chi connectivity index (χ3n) is 3.01. The first-order valence-corrected chi connectivity index (χ1v) is 6.40. The molecule has 0 saturated carbocycles. The summed E-state index contributed by atoms with van der Waals surface area (Å²) in [6.07, 6.45) is 2.06. The molecule has 0 radical (unpaired) electrons. The van der Waals surface area contributed by atoms with Gasteiger partial charge in [-0.05, 0) is 39.1 Å². The highest BCUT2D eigenvalue weighted by atomic mass is 16.5. The Balaban J connectivity index is 2.36. The van der Waals surface area contributed by atoms with Crippen molar-refractivity contribution in [3.63, 3.8) is 0 Å². The number of esters is 1. The lowest BCUT2D eigenvalue weighted by molar-refractivity contribution is 0.0469. The van der Waals surface area contributed by atoms with Crippen LogP contribution in [0.25, 0.3) is 0 Å². The van der Waals surface area contributed by atoms with E-state index in [0.717, 1.165) is 12.8 Å². The van der Waals surface area contributed by atoms with Crippen LogP contribution in [0.2, 0.25) is 0 Å². The van der Waals surface area contributed by atoms with Gasteiger partial charge in [0.05, 0.1) is 18.2 Å². The standard InChI is InChI=1S/C15H20N2O2/c1-17(2)14(9-6-11-16)10-12-19-15(18)13-7-4-3-5-8-13/h3-5,7-8,14H,6,9-10,12H2,1-2H3/t14-/m0/s1. The lowest BCUT2D eigenvalue weighted by Gasteiger charge is -2.23. The van der Waals surface area contributed by atoms with Crippen molar-refractivity contribution in [2.75, 3.05) is 20.7 Å². The van der Waals surface area contributed by atoms with Gasteiger partial charge >= 0.3 is 5.97 Å². The molecule has 1 rings (SSSR count). The molecule has 4 heteroatoms. The minimum Gasteiger partial charge on any atom is -0.462 e. The number of carbonyl (C=O) groups excluding carboxylic acids is 1. The number of nitrogens with zero attached hydrogens (tertiary/aromatic N) is 2. The Hall–Kier alpha value is -1.86. The maximum Gasteiger partial charge on any atom is 0.338 e. The summed E-state index contributed by atoms with van der Waals surface area (Å²) < 4.78 is 5.24. The summed E-state index contributed by atoms with van der Waals surface area (Å²) in [4.78, 5) is 13.8. The monoisotopic (exact) mass is 260 g/mol. The van der Waals surface area contributed by atoms with Gasteiger partial charge in [0.25, 0.3) is 0 Å². The maximum atomic E-state index is 11.7. The zero-order valence-electron chi connectivity index (χ0n) is 11.5. The molecule has 0 aliphatic rings. The Morgan fingerprint density at radius 1 is 1.32 bits per heavy atom. The quantitative estimate of drug-likeness (QED) is 0.707. The van der Waals surface area contributed by atoms with Crippen LogP contribution < -0.4 is 0 Å². The van der Waals surface area contributed by atoms with Crippen LogP contribution in [0.4, 0.5) is 0 Å². The second-order valence-corrected chi connectivity index (χ2v) is 4.60. The first-order valence-electron chi connectivity index (χ1n) is 6.40. The van der Waals surface area contributed by atoms with Crippen LogP contribution in [0.15, 0.2) is 30.3 Å². The van der Waals surface area contributed by atoms with Crippen molar-refractivity contribution in [1.82, 2.24) is 4.90 Å². The van der Waals surface area contributed by atoms with Crippen LogP contribution in [0, 0.1) is 11.3 Å². The van der Waals surface area contributed by atoms with E-state index in [1.54, 1.807) is 12.1 Å². The number of rotatable bonds is 7. The van der Waals surface area contributed by atoms with E-state index >= 15 is 0 Å². The smallest absolute Gasteiger partial charge is 0.338 e. The number of benzene rings is 1. The van der Waals surface area contributed by atoms with Gasteiger partial charge in [0, 0.05) is 12.5 Å². The van der Waals surface area contributed by atoms with Crippen molar-refractivity contribution in [2.24, 2.45) is 0 Å². The molecule has 0 spiro atoms. The summed E-state index contributed by atoms with van der Waals surface area (Å²) in [5.74, 6) is -0.293. The predicted octanol–water partition coefficient (Wildman–Crippen LogP) is 2.47. The molecule has 0 heterocycles. The SMILES string of the molecule is CN(C)[C@@H](CCC#N)CCOC(=O)c1ccccc1. The van der Waals surface area contributed by atoms with E-state index in [0.29, 0.717) is 18.6 Å². The Bertz CT molecular complexity index is 424. The summed E-state index contributed by atoms with van der Waals surface area (Å²) in [6.45, 7) is 0.377. The average molecular weight is 260 g/mol. The number of hydrogen-bond donors (Lipinski definition) is 0. The van der Waals surface area contributed by atoms with Gasteiger partial charge in [0.15, 0.2) is 0 Å². The van der Waals surface area contributed by atoms with Crippen molar-refractivity contribution in [1.29, 1.82) is 5.26 Å². The first-order chi connectivity index (χ1) is 9.15. The van der Waals surface area contributed by atoms with Gasteiger partial charge < -0.3 is 9.64 Å². The van der Waals surface area contributed by atoms with E-state index in [1.165, 1.54) is 0 Å². The summed E-state index contributed by atoms with van der Waals surface area (Å²) in [5, 5.41) is 8.61. The summed E-state index contributed by atoms with van der Waals surface area (Å²) in [6, 6.07) is 11.4. The van der Waals surface area contributed by atoms with Gasteiger partial charge in [0.2, 0.25) is 0 Å². The molecule has 19 heavy (non-hydrogen) atoms. The van der Waals surface area contributed by atoms with Crippen LogP contribution in [-0.2, 0) is 4.74 Å². The fourth-order valence-corrected chi connectivity index (χ4v) is 1.84. The minimum atomic E-state index is -0.293. The third kappa shape index (κ3) is 5.54. The Labute approximate surface area is 114 Å². The molecule has 0 N–H and O–H groups in total. The molecule has 1 atom stereocenters. The molecule has 0 aromatic heterocycles. The minimum absolute atomic E-state index is 0.267. The Morgan fingerprint density at radius 2 is 2.00 bits per heavy atom. The molecule has 0 aliphatic carbocycles. The van der Waals surface area contributed by atoms with Gasteiger partial charge in [-0.25, -0.2) is 4.79 Å². The molecule has 0 bridgehead atoms. The second kappa shape index (κ2) is 8.28. The van der Waals surface area contributed by atoms with E-state index in [4.69, 9.17) is 10.00 Å². The van der Waals surface area contributed by atoms with Gasteiger partial charge in [-0.15, -0.1) is 0 Å². The third-order valence-corrected chi connectivity index (χ3v) is 3.01. The van der Waals surface area contributed by atoms with E-state index in [1.807, 2.05) is 32.3 Å². The molecule has 102 valence electrons. The highest BCUT2D eigenvalue weighted by Crippen LogP contribution is 2.09. The van der Waals surface area contributed by atoms with E-state index in [2.05, 4.69) is 11.0 Å². The number of hydrogen-bond acceptors (Lipinski definition) is 4. The Morgan fingerprint density at radius 3 is 2.58 bits per heavy atom. The van der Waals surface area contributed by atoms with Crippen molar-refractivity contribution >= 4 is 5.97 Å². The zero-order chi connectivity index (χ0) is 14.1. The van der Waals surface area contributed by atoms with Gasteiger partial charge in [-0.2, -0.15) is 5.26 Å². The predicted molar refractivity (Wildman–Crippen MR) is 73.7 cm³/mol. The molecule has 0 aliphatic heterocycles. The molecule has 0 saturated heterocycles. The molecule has 0 amide bonds. The molecule has 1 aromatic carbocycles. The topological polar surface area (TPSA) is 53.3 Å². The van der Waals surface area contributed by atoms with Crippen LogP contribution in [0.5, 0.6) is 0 Å². The van der Waals surface area contributed by atoms with Gasteiger partial charge in [-0.3, -0.25) is 0 Å². The van der Waals surface area contributed by atoms with E-state index in [-0.39, 0.29) is 12.0 Å². The number of carbonyl (C=O) groups is 1. The number of ether oxygens (including phenoxy) is 1. The fraction of sp³-hybridized carbons (Fsp3) is 0.467. The lowest BCUT2D eigenvalue weighted by atomic mass is 10.1. The Kier molecular flexibility index (Phi) is 6.62. The van der Waals surface area contributed by atoms with Crippen molar-refractivity contribution in [2.45, 2.75) is 25.3 Å². The molecular formula is C15H20N2O2. The highest BCUT2D eigenvalue weighted by molar-refractivity contribution is 5.89. The lowest BCUT2D eigenvalue weighted by Crippen LogP contribution is -2.29. The van der Waals surface area contributed by atoms with Crippen molar-refractivity contribution in [3.8, 4) is 6.07 Å². The van der Waals surface area contributed by atoms with Crippen molar-refractivity contribution < 1.29 is 9.53 Å². The van der Waals surface area contributed by atoms with Gasteiger partial charge in [0.1, 0.15) is 0 Å². The molecule has 0 unspecified atom stereocenters. The first kappa shape index (κ1) is 15.2. The average Bonchev–Trinajstić information content (AvgIpc) is 2.43. The summed E-state index contributed by atoms with van der Waals surface area (Å²) >= 11 is 0. The van der Waals surface area contributed by atoms with Crippen LogP contribution in [-0.4, -0.2) is 37.6 Å². The molecule has 1 aromatic rings. The van der Waals surface area contributed by atoms with Crippen molar-refractivity contribution in [3.05, 3.63) is 35.9 Å². The van der Waals surface area contributed by atoms with Crippen LogP contribution in [0.3, 0.4) is 0 Å². The van der Waals surface area contributed by atoms with E-state index in [9.17, 15) is 4.79 Å². The highest BCUT2D eigenvalue weighted by Gasteiger charge is 2.12. The fourth-order valence-electron chi connectivity index (χ4n) is 1.84. The summed E-state index contributed by atoms with van der Waals surface area (Å²) in [7, 11) is 3.95.